The first-order valence-electron chi connectivity index (χ1n) is 6.71. The van der Waals surface area contributed by atoms with Crippen LogP contribution in [0, 0.1) is 0 Å². The minimum Gasteiger partial charge on any atom is -0.480 e. The van der Waals surface area contributed by atoms with Crippen molar-refractivity contribution in [2.24, 2.45) is 0 Å². The first-order chi connectivity index (χ1) is 9.44. The molecular formula is C14H21NO4S. The van der Waals surface area contributed by atoms with Gasteiger partial charge in [-0.2, -0.15) is 0 Å². The van der Waals surface area contributed by atoms with Gasteiger partial charge in [-0.1, -0.05) is 50.1 Å². The Morgan fingerprint density at radius 1 is 1.25 bits per heavy atom. The van der Waals surface area contributed by atoms with Crippen LogP contribution < -0.4 is 4.72 Å². The van der Waals surface area contributed by atoms with Gasteiger partial charge in [0.1, 0.15) is 6.04 Å². The number of sulfonamides is 1. The second kappa shape index (κ2) is 8.01. The monoisotopic (exact) mass is 299 g/mol. The zero-order valence-electron chi connectivity index (χ0n) is 11.6. The van der Waals surface area contributed by atoms with Crippen molar-refractivity contribution in [2.45, 2.75) is 38.6 Å². The largest absolute Gasteiger partial charge is 0.480 e. The van der Waals surface area contributed by atoms with Crippen molar-refractivity contribution in [3.05, 3.63) is 35.9 Å². The summed E-state index contributed by atoms with van der Waals surface area (Å²) in [4.78, 5) is 11.2. The van der Waals surface area contributed by atoms with Crippen molar-refractivity contribution in [1.29, 1.82) is 0 Å². The molecule has 0 bridgehead atoms. The highest BCUT2D eigenvalue weighted by Gasteiger charge is 2.23. The molecule has 1 rings (SSSR count). The average Bonchev–Trinajstić information content (AvgIpc) is 2.39. The van der Waals surface area contributed by atoms with E-state index in [9.17, 15) is 13.2 Å². The van der Waals surface area contributed by atoms with Crippen LogP contribution in [0.1, 0.15) is 31.7 Å². The molecule has 1 atom stereocenters. The van der Waals surface area contributed by atoms with E-state index in [4.69, 9.17) is 5.11 Å². The molecule has 0 aliphatic heterocycles. The molecule has 1 aromatic rings. The number of carboxylic acids is 1. The number of carbonyl (C=O) groups is 1. The Morgan fingerprint density at radius 3 is 2.45 bits per heavy atom. The molecule has 1 aromatic carbocycles. The Kier molecular flexibility index (Phi) is 6.67. The number of unbranched alkanes of at least 4 members (excludes halogenated alkanes) is 2. The van der Waals surface area contributed by atoms with Crippen LogP contribution >= 0.6 is 0 Å². The van der Waals surface area contributed by atoms with Gasteiger partial charge in [-0.15, -0.1) is 0 Å². The molecule has 0 saturated heterocycles. The Bertz CT molecular complexity index is 513. The van der Waals surface area contributed by atoms with E-state index in [1.54, 1.807) is 24.3 Å². The molecule has 0 spiro atoms. The van der Waals surface area contributed by atoms with Crippen LogP contribution in [0.25, 0.3) is 0 Å². The highest BCUT2D eigenvalue weighted by Crippen LogP contribution is 2.06. The lowest BCUT2D eigenvalue weighted by molar-refractivity contribution is -0.138. The van der Waals surface area contributed by atoms with E-state index >= 15 is 0 Å². The zero-order chi connectivity index (χ0) is 15.0. The Hall–Kier alpha value is -1.40. The third-order valence-corrected chi connectivity index (χ3v) is 4.39. The average molecular weight is 299 g/mol. The van der Waals surface area contributed by atoms with Crippen molar-refractivity contribution in [2.75, 3.05) is 5.75 Å². The molecule has 0 saturated carbocycles. The molecule has 0 unspecified atom stereocenters. The number of rotatable bonds is 9. The summed E-state index contributed by atoms with van der Waals surface area (Å²) in [5.41, 5.74) is 0.788. The lowest BCUT2D eigenvalue weighted by Gasteiger charge is -2.14. The van der Waals surface area contributed by atoms with Gasteiger partial charge >= 0.3 is 5.97 Å². The van der Waals surface area contributed by atoms with E-state index in [1.807, 2.05) is 13.0 Å². The Balaban J connectivity index is 2.65. The number of nitrogens with one attached hydrogen (secondary N) is 1. The third kappa shape index (κ3) is 6.16. The molecule has 0 aliphatic carbocycles. The summed E-state index contributed by atoms with van der Waals surface area (Å²) in [6, 6.07) is 7.86. The number of aliphatic carboxylic acids is 1. The van der Waals surface area contributed by atoms with E-state index in [0.29, 0.717) is 6.42 Å². The van der Waals surface area contributed by atoms with Gasteiger partial charge in [0.25, 0.3) is 0 Å². The van der Waals surface area contributed by atoms with Crippen molar-refractivity contribution in [3.8, 4) is 0 Å². The quantitative estimate of drug-likeness (QED) is 0.681. The minimum atomic E-state index is -3.55. The van der Waals surface area contributed by atoms with Crippen LogP contribution in [0.4, 0.5) is 0 Å². The topological polar surface area (TPSA) is 83.5 Å². The zero-order valence-corrected chi connectivity index (χ0v) is 12.4. The van der Waals surface area contributed by atoms with Crippen LogP contribution in [0.2, 0.25) is 0 Å². The maximum Gasteiger partial charge on any atom is 0.322 e. The van der Waals surface area contributed by atoms with Crippen molar-refractivity contribution >= 4 is 16.0 Å². The summed E-state index contributed by atoms with van der Waals surface area (Å²) in [7, 11) is -3.55. The lowest BCUT2D eigenvalue weighted by Crippen LogP contribution is -2.43. The number of carboxylic acid groups (broad SMARTS) is 1. The first kappa shape index (κ1) is 16.7. The van der Waals surface area contributed by atoms with Gasteiger partial charge in [0.2, 0.25) is 10.0 Å². The maximum absolute atomic E-state index is 11.8. The molecule has 0 aliphatic rings. The minimum absolute atomic E-state index is 0.0284. The molecule has 6 heteroatoms. The SMILES string of the molecule is CCCCCS(=O)(=O)N[C@H](Cc1ccccc1)C(=O)O. The van der Waals surface area contributed by atoms with Gasteiger partial charge < -0.3 is 5.11 Å². The van der Waals surface area contributed by atoms with E-state index < -0.39 is 22.0 Å². The second-order valence-electron chi connectivity index (χ2n) is 4.72. The number of benzene rings is 1. The summed E-state index contributed by atoms with van der Waals surface area (Å²) in [6.45, 7) is 1.98. The molecule has 0 amide bonds. The summed E-state index contributed by atoms with van der Waals surface area (Å²) in [5, 5.41) is 9.14. The maximum atomic E-state index is 11.8. The smallest absolute Gasteiger partial charge is 0.322 e. The van der Waals surface area contributed by atoms with E-state index in [2.05, 4.69) is 4.72 Å². The predicted octanol–water partition coefficient (Wildman–Crippen LogP) is 1.79. The molecule has 0 aromatic heterocycles. The summed E-state index contributed by atoms with van der Waals surface area (Å²) < 4.78 is 25.9. The molecule has 0 fully saturated rings. The summed E-state index contributed by atoms with van der Waals surface area (Å²) in [6.07, 6.45) is 2.42. The molecule has 0 heterocycles. The Labute approximate surface area is 120 Å². The van der Waals surface area contributed by atoms with Crippen LogP contribution in [0.15, 0.2) is 30.3 Å². The normalized spacial score (nSPS) is 13.1. The number of hydrogen-bond acceptors (Lipinski definition) is 3. The van der Waals surface area contributed by atoms with E-state index in [0.717, 1.165) is 18.4 Å². The first-order valence-corrected chi connectivity index (χ1v) is 8.36. The molecule has 112 valence electrons. The summed E-state index contributed by atoms with van der Waals surface area (Å²) >= 11 is 0. The molecule has 20 heavy (non-hydrogen) atoms. The fraction of sp³-hybridized carbons (Fsp3) is 0.500. The number of hydrogen-bond donors (Lipinski definition) is 2. The van der Waals surface area contributed by atoms with Crippen molar-refractivity contribution < 1.29 is 18.3 Å². The fourth-order valence-electron chi connectivity index (χ4n) is 1.85. The molecule has 2 N–H and O–H groups in total. The standard InChI is InChI=1S/C14H21NO4S/c1-2-3-7-10-20(18,19)15-13(14(16)17)11-12-8-5-4-6-9-12/h4-6,8-9,13,15H,2-3,7,10-11H2,1H3,(H,16,17)/t13-/m1/s1. The Morgan fingerprint density at radius 2 is 1.90 bits per heavy atom. The summed E-state index contributed by atoms with van der Waals surface area (Å²) in [5.74, 6) is -1.19. The van der Waals surface area contributed by atoms with Crippen LogP contribution in [-0.2, 0) is 21.2 Å². The van der Waals surface area contributed by atoms with Crippen LogP contribution in [0.3, 0.4) is 0 Å². The van der Waals surface area contributed by atoms with E-state index in [-0.39, 0.29) is 12.2 Å². The molecular weight excluding hydrogens is 278 g/mol. The van der Waals surface area contributed by atoms with Crippen LogP contribution in [0.5, 0.6) is 0 Å². The van der Waals surface area contributed by atoms with Crippen LogP contribution in [-0.4, -0.2) is 31.3 Å². The molecule has 0 radical (unpaired) electrons. The van der Waals surface area contributed by atoms with Gasteiger partial charge in [0.05, 0.1) is 5.75 Å². The fourth-order valence-corrected chi connectivity index (χ4v) is 3.17. The molecule has 5 nitrogen and oxygen atoms in total. The van der Waals surface area contributed by atoms with Gasteiger partial charge in [0.15, 0.2) is 0 Å². The highest BCUT2D eigenvalue weighted by molar-refractivity contribution is 7.89. The van der Waals surface area contributed by atoms with Gasteiger partial charge in [-0.25, -0.2) is 13.1 Å². The second-order valence-corrected chi connectivity index (χ2v) is 6.60. The van der Waals surface area contributed by atoms with Crippen molar-refractivity contribution in [1.82, 2.24) is 4.72 Å². The van der Waals surface area contributed by atoms with Crippen molar-refractivity contribution in [3.63, 3.8) is 0 Å². The highest BCUT2D eigenvalue weighted by atomic mass is 32.2. The van der Waals surface area contributed by atoms with Gasteiger partial charge in [-0.05, 0) is 18.4 Å². The van der Waals surface area contributed by atoms with Gasteiger partial charge in [0, 0.05) is 0 Å². The predicted molar refractivity (Wildman–Crippen MR) is 78.0 cm³/mol. The third-order valence-electron chi connectivity index (χ3n) is 2.92. The lowest BCUT2D eigenvalue weighted by atomic mass is 10.1. The van der Waals surface area contributed by atoms with E-state index in [1.165, 1.54) is 0 Å². The van der Waals surface area contributed by atoms with Gasteiger partial charge in [-0.3, -0.25) is 4.79 Å².